The number of anilines is 1. The van der Waals surface area contributed by atoms with E-state index in [1.54, 1.807) is 24.1 Å². The summed E-state index contributed by atoms with van der Waals surface area (Å²) in [5.74, 6) is 0.626. The van der Waals surface area contributed by atoms with Gasteiger partial charge in [-0.2, -0.15) is 5.26 Å². The highest BCUT2D eigenvalue weighted by atomic mass is 16.3. The first-order chi connectivity index (χ1) is 6.69. The lowest BCUT2D eigenvalue weighted by atomic mass is 10.2. The third-order valence-corrected chi connectivity index (χ3v) is 1.93. The van der Waals surface area contributed by atoms with Crippen molar-refractivity contribution in [3.8, 4) is 6.07 Å². The van der Waals surface area contributed by atoms with Gasteiger partial charge in [-0.3, -0.25) is 0 Å². The van der Waals surface area contributed by atoms with Gasteiger partial charge >= 0.3 is 0 Å². The third kappa shape index (κ3) is 2.21. The van der Waals surface area contributed by atoms with Crippen molar-refractivity contribution >= 4 is 5.82 Å². The van der Waals surface area contributed by atoms with Crippen molar-refractivity contribution in [2.24, 2.45) is 0 Å². The number of pyridine rings is 1. The van der Waals surface area contributed by atoms with Gasteiger partial charge in [-0.05, 0) is 19.1 Å². The Morgan fingerprint density at radius 1 is 1.57 bits per heavy atom. The Morgan fingerprint density at radius 2 is 2.29 bits per heavy atom. The summed E-state index contributed by atoms with van der Waals surface area (Å²) in [6.45, 7) is 2.40. The summed E-state index contributed by atoms with van der Waals surface area (Å²) in [7, 11) is 1.80. The van der Waals surface area contributed by atoms with Crippen LogP contribution in [0.4, 0.5) is 5.82 Å². The minimum absolute atomic E-state index is 0.0526. The molecule has 0 aliphatic carbocycles. The van der Waals surface area contributed by atoms with Crippen LogP contribution in [0, 0.1) is 18.3 Å². The van der Waals surface area contributed by atoms with E-state index in [0.717, 1.165) is 5.69 Å². The Kier molecular flexibility index (Phi) is 3.43. The molecule has 1 N–H and O–H groups in total. The van der Waals surface area contributed by atoms with Crippen molar-refractivity contribution in [2.45, 2.75) is 6.92 Å². The fraction of sp³-hybridized carbons (Fsp3) is 0.400. The van der Waals surface area contributed by atoms with Crippen LogP contribution in [0.15, 0.2) is 12.1 Å². The molecule has 4 heteroatoms. The molecule has 0 aromatic carbocycles. The van der Waals surface area contributed by atoms with Gasteiger partial charge in [0, 0.05) is 19.3 Å². The van der Waals surface area contributed by atoms with Crippen LogP contribution in [0.25, 0.3) is 0 Å². The predicted molar refractivity (Wildman–Crippen MR) is 54.0 cm³/mol. The van der Waals surface area contributed by atoms with Crippen LogP contribution in [-0.4, -0.2) is 30.3 Å². The van der Waals surface area contributed by atoms with Gasteiger partial charge in [-0.15, -0.1) is 0 Å². The van der Waals surface area contributed by atoms with Gasteiger partial charge in [-0.1, -0.05) is 0 Å². The molecule has 0 fully saturated rings. The van der Waals surface area contributed by atoms with E-state index in [0.29, 0.717) is 17.9 Å². The van der Waals surface area contributed by atoms with Gasteiger partial charge in [-0.25, -0.2) is 4.98 Å². The number of hydrogen-bond donors (Lipinski definition) is 1. The number of aliphatic hydroxyl groups is 1. The van der Waals surface area contributed by atoms with E-state index >= 15 is 0 Å². The summed E-state index contributed by atoms with van der Waals surface area (Å²) in [6, 6.07) is 5.62. The SMILES string of the molecule is Cc1ccc(C#N)c(N(C)CCO)n1. The highest BCUT2D eigenvalue weighted by Gasteiger charge is 2.08. The fourth-order valence-electron chi connectivity index (χ4n) is 1.18. The molecule has 0 unspecified atom stereocenters. The normalized spacial score (nSPS) is 9.57. The minimum Gasteiger partial charge on any atom is -0.395 e. The monoisotopic (exact) mass is 191 g/mol. The zero-order chi connectivity index (χ0) is 10.6. The lowest BCUT2D eigenvalue weighted by Crippen LogP contribution is -2.23. The molecular formula is C10H13N3O. The summed E-state index contributed by atoms with van der Waals surface area (Å²) in [5.41, 5.74) is 1.40. The molecular weight excluding hydrogens is 178 g/mol. The molecule has 74 valence electrons. The molecule has 1 aromatic heterocycles. The highest BCUT2D eigenvalue weighted by molar-refractivity contribution is 5.53. The molecule has 0 atom stereocenters. The molecule has 0 spiro atoms. The lowest BCUT2D eigenvalue weighted by Gasteiger charge is -2.18. The molecule has 1 rings (SSSR count). The van der Waals surface area contributed by atoms with Crippen LogP contribution in [0.1, 0.15) is 11.3 Å². The smallest absolute Gasteiger partial charge is 0.146 e. The van der Waals surface area contributed by atoms with Gasteiger partial charge in [0.2, 0.25) is 0 Å². The largest absolute Gasteiger partial charge is 0.395 e. The van der Waals surface area contributed by atoms with Crippen LogP contribution in [-0.2, 0) is 0 Å². The third-order valence-electron chi connectivity index (χ3n) is 1.93. The first-order valence-corrected chi connectivity index (χ1v) is 4.38. The number of nitrogens with zero attached hydrogens (tertiary/aromatic N) is 3. The van der Waals surface area contributed by atoms with Crippen molar-refractivity contribution in [3.63, 3.8) is 0 Å². The standard InChI is InChI=1S/C10H13N3O/c1-8-3-4-9(7-11)10(12-8)13(2)5-6-14/h3-4,14H,5-6H2,1-2H3. The van der Waals surface area contributed by atoms with Crippen molar-refractivity contribution in [1.29, 1.82) is 5.26 Å². The Labute approximate surface area is 83.4 Å². The van der Waals surface area contributed by atoms with Crippen LogP contribution in [0.5, 0.6) is 0 Å². The van der Waals surface area contributed by atoms with Crippen LogP contribution in [0.2, 0.25) is 0 Å². The second-order valence-electron chi connectivity index (χ2n) is 3.08. The topological polar surface area (TPSA) is 60.2 Å². The van der Waals surface area contributed by atoms with Gasteiger partial charge in [0.25, 0.3) is 0 Å². The first kappa shape index (κ1) is 10.5. The molecule has 0 radical (unpaired) electrons. The Balaban J connectivity index is 3.05. The summed E-state index contributed by atoms with van der Waals surface area (Å²) < 4.78 is 0. The summed E-state index contributed by atoms with van der Waals surface area (Å²) in [5, 5.41) is 17.6. The van der Waals surface area contributed by atoms with Crippen molar-refractivity contribution in [3.05, 3.63) is 23.4 Å². The van der Waals surface area contributed by atoms with Gasteiger partial charge < -0.3 is 10.0 Å². The van der Waals surface area contributed by atoms with Crippen molar-refractivity contribution < 1.29 is 5.11 Å². The van der Waals surface area contributed by atoms with E-state index in [1.807, 2.05) is 6.92 Å². The number of aromatic nitrogens is 1. The molecule has 14 heavy (non-hydrogen) atoms. The molecule has 0 amide bonds. The minimum atomic E-state index is 0.0526. The van der Waals surface area contributed by atoms with E-state index in [9.17, 15) is 0 Å². The van der Waals surface area contributed by atoms with E-state index in [1.165, 1.54) is 0 Å². The highest BCUT2D eigenvalue weighted by Crippen LogP contribution is 2.15. The molecule has 0 bridgehead atoms. The van der Waals surface area contributed by atoms with E-state index in [2.05, 4.69) is 11.1 Å². The second-order valence-corrected chi connectivity index (χ2v) is 3.08. The molecule has 0 saturated carbocycles. The van der Waals surface area contributed by atoms with E-state index in [-0.39, 0.29) is 6.61 Å². The number of rotatable bonds is 3. The zero-order valence-electron chi connectivity index (χ0n) is 8.36. The summed E-state index contributed by atoms with van der Waals surface area (Å²) in [4.78, 5) is 6.02. The molecule has 4 nitrogen and oxygen atoms in total. The maximum absolute atomic E-state index is 8.85. The number of nitriles is 1. The van der Waals surface area contributed by atoms with Crippen LogP contribution >= 0.6 is 0 Å². The Hall–Kier alpha value is -1.60. The Bertz CT molecular complexity index is 357. The Morgan fingerprint density at radius 3 is 2.86 bits per heavy atom. The number of aliphatic hydroxyl groups excluding tert-OH is 1. The number of hydrogen-bond acceptors (Lipinski definition) is 4. The maximum Gasteiger partial charge on any atom is 0.146 e. The second kappa shape index (κ2) is 4.58. The van der Waals surface area contributed by atoms with Gasteiger partial charge in [0.1, 0.15) is 11.9 Å². The molecule has 0 saturated heterocycles. The van der Waals surface area contributed by atoms with Gasteiger partial charge in [0.15, 0.2) is 0 Å². The number of likely N-dealkylation sites (N-methyl/N-ethyl adjacent to an activating group) is 1. The molecule has 0 aliphatic rings. The zero-order valence-corrected chi connectivity index (χ0v) is 8.36. The van der Waals surface area contributed by atoms with E-state index < -0.39 is 0 Å². The van der Waals surface area contributed by atoms with Crippen LogP contribution < -0.4 is 4.90 Å². The predicted octanol–water partition coefficient (Wildman–Crippen LogP) is 0.690. The average Bonchev–Trinajstić information content (AvgIpc) is 2.18. The summed E-state index contributed by atoms with van der Waals surface area (Å²) >= 11 is 0. The van der Waals surface area contributed by atoms with E-state index in [4.69, 9.17) is 10.4 Å². The van der Waals surface area contributed by atoms with Crippen molar-refractivity contribution in [2.75, 3.05) is 25.1 Å². The molecule has 1 heterocycles. The maximum atomic E-state index is 8.85. The van der Waals surface area contributed by atoms with Crippen molar-refractivity contribution in [1.82, 2.24) is 4.98 Å². The van der Waals surface area contributed by atoms with Crippen LogP contribution in [0.3, 0.4) is 0 Å². The number of aryl methyl sites for hydroxylation is 1. The quantitative estimate of drug-likeness (QED) is 0.763. The molecule has 0 aliphatic heterocycles. The summed E-state index contributed by atoms with van der Waals surface area (Å²) in [6.07, 6.45) is 0. The fourth-order valence-corrected chi connectivity index (χ4v) is 1.18. The molecule has 1 aromatic rings. The van der Waals surface area contributed by atoms with Gasteiger partial charge in [0.05, 0.1) is 12.2 Å². The average molecular weight is 191 g/mol. The lowest BCUT2D eigenvalue weighted by molar-refractivity contribution is 0.304. The first-order valence-electron chi connectivity index (χ1n) is 4.38.